The molecule has 0 saturated heterocycles. The highest BCUT2D eigenvalue weighted by Gasteiger charge is 2.25. The molecule has 0 aliphatic heterocycles. The molecule has 4 rings (SSSR count). The van der Waals surface area contributed by atoms with Crippen molar-refractivity contribution in [1.82, 2.24) is 10.6 Å². The van der Waals surface area contributed by atoms with Crippen LogP contribution in [0.3, 0.4) is 0 Å². The first kappa shape index (κ1) is 41.9. The Morgan fingerprint density at radius 2 is 1.07 bits per heavy atom. The van der Waals surface area contributed by atoms with Crippen molar-refractivity contribution >= 4 is 47.1 Å². The number of aliphatic carboxylic acids is 1. The molecule has 18 nitrogen and oxygen atoms in total. The van der Waals surface area contributed by atoms with E-state index in [9.17, 15) is 49.0 Å². The fourth-order valence-electron chi connectivity index (χ4n) is 4.28. The minimum Gasteiger partial charge on any atom is -0.480 e. The minimum atomic E-state index is -1.16. The number of ether oxygens (including phenoxy) is 3. The van der Waals surface area contributed by atoms with E-state index in [1.54, 1.807) is 0 Å². The highest BCUT2D eigenvalue weighted by Crippen LogP contribution is 2.14. The molecule has 0 fully saturated rings. The van der Waals surface area contributed by atoms with Gasteiger partial charge in [0.15, 0.2) is 13.2 Å². The summed E-state index contributed by atoms with van der Waals surface area (Å²) < 4.78 is 14.6. The van der Waals surface area contributed by atoms with Crippen LogP contribution >= 0.6 is 0 Å². The van der Waals surface area contributed by atoms with E-state index in [1.807, 2.05) is 60.7 Å². The number of ketones is 1. The van der Waals surface area contributed by atoms with Crippen molar-refractivity contribution in [2.45, 2.75) is 32.0 Å². The standard InChI is InChI=1S/C20H22N2O5.C17H12N2O9/c1-14(19(24)25)21-18(23)17(12-15-8-4-2-5-9-15)22-20(26)27-13-16-10-6-3-7-11-16;20-15(9-27-16(21)11-1-5-13(6-2-11)18(23)24)10-28-17(22)12-3-7-14(8-4-12)19(25)26/h2-11,14,17H,12-13H2,1H3,(H,21,23)(H,22,26)(H,24,25);1-8H,9-10H2/t14-,17-;/m0./s1. The lowest BCUT2D eigenvalue weighted by atomic mass is 10.1. The molecule has 0 spiro atoms. The normalized spacial score (nSPS) is 11.2. The second kappa shape index (κ2) is 21.1. The van der Waals surface area contributed by atoms with E-state index in [2.05, 4.69) is 10.6 Å². The average Bonchev–Trinajstić information content (AvgIpc) is 3.19. The van der Waals surface area contributed by atoms with Crippen molar-refractivity contribution in [3.05, 3.63) is 152 Å². The van der Waals surface area contributed by atoms with Gasteiger partial charge in [-0.2, -0.15) is 0 Å². The van der Waals surface area contributed by atoms with Gasteiger partial charge in [-0.3, -0.25) is 34.6 Å². The number of nitrogens with one attached hydrogen (secondary N) is 2. The van der Waals surface area contributed by atoms with Crippen LogP contribution in [0.1, 0.15) is 38.8 Å². The summed E-state index contributed by atoms with van der Waals surface area (Å²) in [6.07, 6.45) is -0.544. The lowest BCUT2D eigenvalue weighted by Gasteiger charge is -2.20. The van der Waals surface area contributed by atoms with Crippen LogP contribution in [0.5, 0.6) is 0 Å². The van der Waals surface area contributed by atoms with Gasteiger partial charge >= 0.3 is 24.0 Å². The van der Waals surface area contributed by atoms with E-state index in [0.29, 0.717) is 0 Å². The number of nitrogens with zero attached hydrogens (tertiary/aromatic N) is 2. The van der Waals surface area contributed by atoms with Crippen molar-refractivity contribution < 1.29 is 57.9 Å². The molecule has 55 heavy (non-hydrogen) atoms. The van der Waals surface area contributed by atoms with Crippen LogP contribution in [0.25, 0.3) is 0 Å². The van der Waals surface area contributed by atoms with E-state index in [0.717, 1.165) is 35.4 Å². The second-order valence-corrected chi connectivity index (χ2v) is 11.3. The molecule has 0 radical (unpaired) electrons. The molecule has 0 saturated carbocycles. The summed E-state index contributed by atoms with van der Waals surface area (Å²) in [5.41, 5.74) is 1.26. The fourth-order valence-corrected chi connectivity index (χ4v) is 4.28. The second-order valence-electron chi connectivity index (χ2n) is 11.3. The Labute approximate surface area is 312 Å². The van der Waals surface area contributed by atoms with Crippen molar-refractivity contribution in [2.75, 3.05) is 13.2 Å². The number of esters is 2. The molecular formula is C37H34N4O14. The minimum absolute atomic E-state index is 0.0151. The molecule has 2 amide bonds. The number of nitro groups is 2. The Balaban J connectivity index is 0.000000296. The van der Waals surface area contributed by atoms with Gasteiger partial charge in [-0.1, -0.05) is 60.7 Å². The zero-order valence-corrected chi connectivity index (χ0v) is 29.0. The number of carboxylic acids is 1. The number of benzene rings is 4. The molecule has 0 aromatic heterocycles. The summed E-state index contributed by atoms with van der Waals surface area (Å²) >= 11 is 0. The van der Waals surface area contributed by atoms with Gasteiger partial charge < -0.3 is 30.0 Å². The van der Waals surface area contributed by atoms with Gasteiger partial charge in [0, 0.05) is 30.7 Å². The number of nitro benzene ring substituents is 2. The molecule has 0 heterocycles. The van der Waals surface area contributed by atoms with Gasteiger partial charge in [0.2, 0.25) is 11.7 Å². The zero-order valence-electron chi connectivity index (χ0n) is 29.0. The summed E-state index contributed by atoms with van der Waals surface area (Å²) in [4.78, 5) is 90.6. The van der Waals surface area contributed by atoms with Crippen LogP contribution in [-0.2, 0) is 41.6 Å². The molecule has 0 aliphatic rings. The van der Waals surface area contributed by atoms with Crippen molar-refractivity contribution in [3.8, 4) is 0 Å². The number of Topliss-reactive ketones (excluding diaryl/α,β-unsaturated/α-hetero) is 1. The number of alkyl carbamates (subject to hydrolysis) is 1. The van der Waals surface area contributed by atoms with Crippen LogP contribution in [0, 0.1) is 20.2 Å². The predicted molar refractivity (Wildman–Crippen MR) is 191 cm³/mol. The predicted octanol–water partition coefficient (Wildman–Crippen LogP) is 4.20. The van der Waals surface area contributed by atoms with Gasteiger partial charge in [-0.15, -0.1) is 0 Å². The summed E-state index contributed by atoms with van der Waals surface area (Å²) in [5.74, 6) is -4.20. The Morgan fingerprint density at radius 3 is 1.49 bits per heavy atom. The fraction of sp³-hybridized carbons (Fsp3) is 0.189. The van der Waals surface area contributed by atoms with Crippen molar-refractivity contribution in [1.29, 1.82) is 0 Å². The Kier molecular flexibility index (Phi) is 16.1. The first-order chi connectivity index (χ1) is 26.2. The molecule has 0 bridgehead atoms. The Bertz CT molecular complexity index is 1900. The number of carbonyl (C=O) groups excluding carboxylic acids is 5. The topological polar surface area (TPSA) is 261 Å². The largest absolute Gasteiger partial charge is 0.480 e. The third kappa shape index (κ3) is 14.6. The Morgan fingerprint density at radius 1 is 0.636 bits per heavy atom. The number of carbonyl (C=O) groups is 6. The summed E-state index contributed by atoms with van der Waals surface area (Å²) in [7, 11) is 0. The zero-order chi connectivity index (χ0) is 40.3. The van der Waals surface area contributed by atoms with Gasteiger partial charge in [-0.05, 0) is 42.3 Å². The van der Waals surface area contributed by atoms with Crippen LogP contribution < -0.4 is 10.6 Å². The molecule has 3 N–H and O–H groups in total. The molecule has 2 atom stereocenters. The van der Waals surface area contributed by atoms with E-state index in [1.165, 1.54) is 31.2 Å². The maximum atomic E-state index is 12.4. The smallest absolute Gasteiger partial charge is 0.408 e. The van der Waals surface area contributed by atoms with Crippen LogP contribution in [0.2, 0.25) is 0 Å². The van der Waals surface area contributed by atoms with Gasteiger partial charge in [0.05, 0.1) is 21.0 Å². The Hall–Kier alpha value is -7.50. The lowest BCUT2D eigenvalue weighted by molar-refractivity contribution is -0.385. The SMILES string of the molecule is C[C@H](NC(=O)[C@H](Cc1ccccc1)NC(=O)OCc1ccccc1)C(=O)O.O=C(COC(=O)c1ccc([N+](=O)[O-])cc1)COC(=O)c1ccc([N+](=O)[O-])cc1. The van der Waals surface area contributed by atoms with Crippen molar-refractivity contribution in [3.63, 3.8) is 0 Å². The maximum absolute atomic E-state index is 12.4. The number of carboxylic acid groups (broad SMARTS) is 1. The number of hydrogen-bond donors (Lipinski definition) is 3. The highest BCUT2D eigenvalue weighted by atomic mass is 16.6. The first-order valence-electron chi connectivity index (χ1n) is 16.1. The third-order valence-electron chi connectivity index (χ3n) is 7.19. The molecule has 286 valence electrons. The van der Waals surface area contributed by atoms with Crippen molar-refractivity contribution in [2.24, 2.45) is 0 Å². The molecule has 0 unspecified atom stereocenters. The summed E-state index contributed by atoms with van der Waals surface area (Å²) in [6.45, 7) is 0.0954. The lowest BCUT2D eigenvalue weighted by Crippen LogP contribution is -2.51. The van der Waals surface area contributed by atoms with E-state index in [4.69, 9.17) is 19.3 Å². The maximum Gasteiger partial charge on any atom is 0.408 e. The molecule has 4 aromatic carbocycles. The van der Waals surface area contributed by atoms with Gasteiger partial charge in [0.25, 0.3) is 11.4 Å². The summed E-state index contributed by atoms with van der Waals surface area (Å²) in [5, 5.41) is 34.9. The van der Waals surface area contributed by atoms with Crippen LogP contribution in [0.15, 0.2) is 109 Å². The summed E-state index contributed by atoms with van der Waals surface area (Å²) in [6, 6.07) is 25.4. The first-order valence-corrected chi connectivity index (χ1v) is 16.1. The number of rotatable bonds is 16. The van der Waals surface area contributed by atoms with Crippen LogP contribution in [-0.4, -0.2) is 75.9 Å². The molecule has 4 aromatic rings. The third-order valence-corrected chi connectivity index (χ3v) is 7.19. The average molecular weight is 759 g/mol. The van der Waals surface area contributed by atoms with Gasteiger partial charge in [-0.25, -0.2) is 14.4 Å². The van der Waals surface area contributed by atoms with Crippen LogP contribution in [0.4, 0.5) is 16.2 Å². The molecular weight excluding hydrogens is 724 g/mol. The quantitative estimate of drug-likeness (QED) is 0.0626. The number of non-ortho nitro benzene ring substituents is 2. The van der Waals surface area contributed by atoms with Gasteiger partial charge in [0.1, 0.15) is 18.7 Å². The molecule has 0 aliphatic carbocycles. The highest BCUT2D eigenvalue weighted by molar-refractivity contribution is 5.94. The number of hydrogen-bond acceptors (Lipinski definition) is 13. The van der Waals surface area contributed by atoms with E-state index < -0.39 is 70.8 Å². The molecule has 18 heteroatoms. The monoisotopic (exact) mass is 758 g/mol. The van der Waals surface area contributed by atoms with E-state index in [-0.39, 0.29) is 35.5 Å². The van der Waals surface area contributed by atoms with E-state index >= 15 is 0 Å². The number of amides is 2.